The van der Waals surface area contributed by atoms with Gasteiger partial charge in [-0.15, -0.1) is 0 Å². The zero-order valence-electron chi connectivity index (χ0n) is 18.2. The molecule has 7 nitrogen and oxygen atoms in total. The maximum absolute atomic E-state index is 13.1. The van der Waals surface area contributed by atoms with Crippen molar-refractivity contribution in [3.8, 4) is 0 Å². The fraction of sp³-hybridized carbons (Fsp3) is 0.545. The second kappa shape index (κ2) is 9.89. The van der Waals surface area contributed by atoms with Gasteiger partial charge in [0.05, 0.1) is 25.1 Å². The number of nitrogens with zero attached hydrogens (tertiary/aromatic N) is 5. The summed E-state index contributed by atoms with van der Waals surface area (Å²) in [5.74, 6) is 0.179. The highest BCUT2D eigenvalue weighted by Gasteiger charge is 2.23. The van der Waals surface area contributed by atoms with Crippen LogP contribution < -0.4 is 4.90 Å². The first kappa shape index (κ1) is 21.3. The predicted molar refractivity (Wildman–Crippen MR) is 117 cm³/mol. The van der Waals surface area contributed by atoms with Crippen LogP contribution in [-0.2, 0) is 11.3 Å². The molecule has 7 heteroatoms. The van der Waals surface area contributed by atoms with Crippen LogP contribution in [0.2, 0.25) is 0 Å². The van der Waals surface area contributed by atoms with E-state index < -0.39 is 0 Å². The molecule has 1 aromatic heterocycles. The van der Waals surface area contributed by atoms with E-state index in [4.69, 9.17) is 0 Å². The number of aryl methyl sites for hydroxylation is 2. The summed E-state index contributed by atoms with van der Waals surface area (Å²) in [6.07, 6.45) is 1.70. The number of carbonyl (C=O) groups is 1. The van der Waals surface area contributed by atoms with Gasteiger partial charge in [0.2, 0.25) is 5.91 Å². The van der Waals surface area contributed by atoms with Crippen molar-refractivity contribution in [3.63, 3.8) is 0 Å². The third kappa shape index (κ3) is 6.05. The molecule has 1 aromatic carbocycles. The number of aromatic amines is 1. The van der Waals surface area contributed by atoms with Crippen LogP contribution in [0, 0.1) is 13.8 Å². The SMILES string of the molecule is Cc1cccc(N2CCN(CC(=O)N(CCN(C)C)Cc3nc[nH]c3C)CC2)c1. The molecule has 0 saturated carbocycles. The summed E-state index contributed by atoms with van der Waals surface area (Å²) >= 11 is 0. The van der Waals surface area contributed by atoms with E-state index in [1.807, 2.05) is 25.9 Å². The third-order valence-corrected chi connectivity index (χ3v) is 5.54. The lowest BCUT2D eigenvalue weighted by Gasteiger charge is -2.36. The number of imidazole rings is 1. The van der Waals surface area contributed by atoms with Gasteiger partial charge in [0.25, 0.3) is 0 Å². The second-order valence-electron chi connectivity index (χ2n) is 8.19. The van der Waals surface area contributed by atoms with Gasteiger partial charge in [0.1, 0.15) is 0 Å². The topological polar surface area (TPSA) is 58.7 Å². The van der Waals surface area contributed by atoms with Crippen molar-refractivity contribution < 1.29 is 4.79 Å². The molecule has 2 heterocycles. The normalized spacial score (nSPS) is 15.1. The molecule has 0 radical (unpaired) electrons. The maximum atomic E-state index is 13.1. The number of hydrogen-bond donors (Lipinski definition) is 1. The number of amides is 1. The molecule has 1 aliphatic rings. The highest BCUT2D eigenvalue weighted by Crippen LogP contribution is 2.18. The van der Waals surface area contributed by atoms with E-state index in [1.165, 1.54) is 11.3 Å². The largest absolute Gasteiger partial charge is 0.369 e. The molecule has 1 N–H and O–H groups in total. The molecular weight excluding hydrogens is 364 g/mol. The number of piperazine rings is 1. The van der Waals surface area contributed by atoms with Crippen molar-refractivity contribution in [2.45, 2.75) is 20.4 Å². The van der Waals surface area contributed by atoms with E-state index in [0.717, 1.165) is 44.1 Å². The molecular formula is C22H34N6O. The van der Waals surface area contributed by atoms with E-state index in [2.05, 4.69) is 55.9 Å². The van der Waals surface area contributed by atoms with Gasteiger partial charge in [-0.2, -0.15) is 0 Å². The zero-order valence-corrected chi connectivity index (χ0v) is 18.2. The smallest absolute Gasteiger partial charge is 0.237 e. The molecule has 0 unspecified atom stereocenters. The molecule has 0 atom stereocenters. The molecule has 1 amide bonds. The Morgan fingerprint density at radius 1 is 1.14 bits per heavy atom. The lowest BCUT2D eigenvalue weighted by Crippen LogP contribution is -2.50. The Kier molecular flexibility index (Phi) is 7.28. The van der Waals surface area contributed by atoms with Crippen molar-refractivity contribution in [1.29, 1.82) is 0 Å². The lowest BCUT2D eigenvalue weighted by atomic mass is 10.2. The van der Waals surface area contributed by atoms with Gasteiger partial charge < -0.3 is 19.7 Å². The monoisotopic (exact) mass is 398 g/mol. The Morgan fingerprint density at radius 2 is 1.90 bits per heavy atom. The summed E-state index contributed by atoms with van der Waals surface area (Å²) in [6.45, 7) is 10.4. The van der Waals surface area contributed by atoms with Crippen molar-refractivity contribution >= 4 is 11.6 Å². The van der Waals surface area contributed by atoms with Crippen LogP contribution in [0.4, 0.5) is 5.69 Å². The van der Waals surface area contributed by atoms with Gasteiger partial charge in [0.15, 0.2) is 0 Å². The molecule has 0 bridgehead atoms. The predicted octanol–water partition coefficient (Wildman–Crippen LogP) is 1.74. The average Bonchev–Trinajstić information content (AvgIpc) is 3.10. The molecule has 158 valence electrons. The lowest BCUT2D eigenvalue weighted by molar-refractivity contribution is -0.133. The van der Waals surface area contributed by atoms with Crippen LogP contribution in [0.5, 0.6) is 0 Å². The van der Waals surface area contributed by atoms with Crippen LogP contribution in [0.15, 0.2) is 30.6 Å². The van der Waals surface area contributed by atoms with Gasteiger partial charge in [0, 0.05) is 50.6 Å². The average molecular weight is 399 g/mol. The summed E-state index contributed by atoms with van der Waals surface area (Å²) in [7, 11) is 4.07. The second-order valence-corrected chi connectivity index (χ2v) is 8.19. The molecule has 2 aromatic rings. The van der Waals surface area contributed by atoms with E-state index in [1.54, 1.807) is 6.33 Å². The van der Waals surface area contributed by atoms with Gasteiger partial charge in [-0.1, -0.05) is 12.1 Å². The fourth-order valence-electron chi connectivity index (χ4n) is 3.62. The number of carbonyl (C=O) groups excluding carboxylic acids is 1. The number of benzene rings is 1. The summed E-state index contributed by atoms with van der Waals surface area (Å²) in [4.78, 5) is 29.3. The van der Waals surface area contributed by atoms with Gasteiger partial charge in [-0.3, -0.25) is 9.69 Å². The van der Waals surface area contributed by atoms with Crippen LogP contribution in [-0.4, -0.2) is 90.5 Å². The Labute approximate surface area is 174 Å². The summed E-state index contributed by atoms with van der Waals surface area (Å²) < 4.78 is 0. The molecule has 0 aliphatic carbocycles. The summed E-state index contributed by atoms with van der Waals surface area (Å²) in [5, 5.41) is 0. The summed E-state index contributed by atoms with van der Waals surface area (Å²) in [5.41, 5.74) is 4.53. The van der Waals surface area contributed by atoms with E-state index >= 15 is 0 Å². The van der Waals surface area contributed by atoms with E-state index in [0.29, 0.717) is 19.6 Å². The first-order chi connectivity index (χ1) is 13.9. The van der Waals surface area contributed by atoms with Crippen LogP contribution in [0.1, 0.15) is 17.0 Å². The Hall–Kier alpha value is -2.38. The standard InChI is InChI=1S/C22H34N6O/c1-18-6-5-7-20(14-18)27-12-9-26(10-13-27)16-22(29)28(11-8-25(3)4)15-21-19(2)23-17-24-21/h5-7,14,17H,8-13,15-16H2,1-4H3,(H,23,24). The molecule has 1 aliphatic heterocycles. The number of rotatable bonds is 8. The molecule has 29 heavy (non-hydrogen) atoms. The van der Waals surface area contributed by atoms with E-state index in [9.17, 15) is 4.79 Å². The molecule has 1 saturated heterocycles. The van der Waals surface area contributed by atoms with Crippen molar-refractivity contribution in [3.05, 3.63) is 47.5 Å². The Morgan fingerprint density at radius 3 is 2.52 bits per heavy atom. The minimum Gasteiger partial charge on any atom is -0.369 e. The Balaban J connectivity index is 1.55. The van der Waals surface area contributed by atoms with Crippen molar-refractivity contribution in [2.24, 2.45) is 0 Å². The van der Waals surface area contributed by atoms with E-state index in [-0.39, 0.29) is 5.91 Å². The van der Waals surface area contributed by atoms with Crippen LogP contribution in [0.25, 0.3) is 0 Å². The number of aromatic nitrogens is 2. The number of anilines is 1. The highest BCUT2D eigenvalue weighted by molar-refractivity contribution is 5.78. The first-order valence-corrected chi connectivity index (χ1v) is 10.4. The maximum Gasteiger partial charge on any atom is 0.237 e. The molecule has 3 rings (SSSR count). The highest BCUT2D eigenvalue weighted by atomic mass is 16.2. The minimum absolute atomic E-state index is 0.179. The van der Waals surface area contributed by atoms with Gasteiger partial charge in [-0.05, 0) is 45.6 Å². The zero-order chi connectivity index (χ0) is 20.8. The first-order valence-electron chi connectivity index (χ1n) is 10.4. The van der Waals surface area contributed by atoms with Crippen LogP contribution in [0.3, 0.4) is 0 Å². The molecule has 1 fully saturated rings. The number of nitrogens with one attached hydrogen (secondary N) is 1. The quantitative estimate of drug-likeness (QED) is 0.734. The number of H-pyrrole nitrogens is 1. The third-order valence-electron chi connectivity index (χ3n) is 5.54. The van der Waals surface area contributed by atoms with Crippen LogP contribution >= 0.6 is 0 Å². The number of likely N-dealkylation sites (N-methyl/N-ethyl adjacent to an activating group) is 1. The van der Waals surface area contributed by atoms with Crippen molar-refractivity contribution in [2.75, 3.05) is 64.8 Å². The van der Waals surface area contributed by atoms with Crippen molar-refractivity contribution in [1.82, 2.24) is 24.7 Å². The minimum atomic E-state index is 0.179. The summed E-state index contributed by atoms with van der Waals surface area (Å²) in [6, 6.07) is 8.64. The van der Waals surface area contributed by atoms with Gasteiger partial charge >= 0.3 is 0 Å². The van der Waals surface area contributed by atoms with Gasteiger partial charge in [-0.25, -0.2) is 4.98 Å². The molecule has 0 spiro atoms. The fourth-order valence-corrected chi connectivity index (χ4v) is 3.62. The number of hydrogen-bond acceptors (Lipinski definition) is 5. The Bertz CT molecular complexity index is 794.